The second-order valence-electron chi connectivity index (χ2n) is 8.48. The van der Waals surface area contributed by atoms with Crippen LogP contribution in [0.25, 0.3) is 11.3 Å². The lowest BCUT2D eigenvalue weighted by Gasteiger charge is -2.22. The van der Waals surface area contributed by atoms with Crippen LogP contribution in [0.1, 0.15) is 32.1 Å². The molecule has 5 rings (SSSR count). The van der Waals surface area contributed by atoms with Crippen LogP contribution in [-0.2, 0) is 0 Å². The van der Waals surface area contributed by atoms with Crippen molar-refractivity contribution in [1.82, 2.24) is 15.0 Å². The Morgan fingerprint density at radius 3 is 2.61 bits per heavy atom. The fraction of sp³-hybridized carbons (Fsp3) is 0.222. The molecule has 9 heteroatoms. The average Bonchev–Trinajstić information content (AvgIpc) is 2.92. The number of rotatable bonds is 8. The Morgan fingerprint density at radius 2 is 1.78 bits per heavy atom. The Kier molecular flexibility index (Phi) is 7.83. The lowest BCUT2D eigenvalue weighted by Crippen LogP contribution is -2.23. The summed E-state index contributed by atoms with van der Waals surface area (Å²) in [5.41, 5.74) is 1.72. The minimum Gasteiger partial charge on any atom is -0.453 e. The van der Waals surface area contributed by atoms with E-state index in [9.17, 15) is 0 Å². The molecule has 0 atom stereocenters. The molecule has 184 valence electrons. The molecule has 0 saturated heterocycles. The van der Waals surface area contributed by atoms with Gasteiger partial charge in [-0.05, 0) is 61.2 Å². The van der Waals surface area contributed by atoms with Crippen LogP contribution in [0.5, 0.6) is 11.5 Å². The van der Waals surface area contributed by atoms with Crippen molar-refractivity contribution in [2.24, 2.45) is 0 Å². The number of hydrogen-bond acceptors (Lipinski definition) is 7. The lowest BCUT2D eigenvalue weighted by molar-refractivity contribution is 0.443. The van der Waals surface area contributed by atoms with E-state index in [1.165, 1.54) is 31.2 Å². The van der Waals surface area contributed by atoms with Gasteiger partial charge in [0.15, 0.2) is 11.6 Å². The molecule has 1 fully saturated rings. The molecule has 36 heavy (non-hydrogen) atoms. The fourth-order valence-corrected chi connectivity index (χ4v) is 5.03. The summed E-state index contributed by atoms with van der Waals surface area (Å²) in [5, 5.41) is 3.39. The minimum absolute atomic E-state index is 0.0114. The van der Waals surface area contributed by atoms with Crippen LogP contribution in [0.2, 0.25) is 5.02 Å². The average molecular weight is 522 g/mol. The molecule has 1 saturated carbocycles. The van der Waals surface area contributed by atoms with Crippen molar-refractivity contribution in [3.8, 4) is 22.8 Å². The van der Waals surface area contributed by atoms with Gasteiger partial charge >= 0.3 is 0 Å². The van der Waals surface area contributed by atoms with E-state index < -0.39 is 5.82 Å². The summed E-state index contributed by atoms with van der Waals surface area (Å²) in [4.78, 5) is 14.3. The van der Waals surface area contributed by atoms with E-state index >= 15 is 4.39 Å². The Balaban J connectivity index is 1.34. The monoisotopic (exact) mass is 521 g/mol. The van der Waals surface area contributed by atoms with Crippen molar-refractivity contribution in [3.63, 3.8) is 0 Å². The molecule has 0 bridgehead atoms. The van der Waals surface area contributed by atoms with Gasteiger partial charge in [-0.1, -0.05) is 49.1 Å². The standard InChI is InChI=1S/C27H25ClFN5OS/c28-25-22(34-36-19-9-5-2-6-10-19)11-12-24(26(25)29)35-23-14-15-30-17-20(23)21-13-16-31-27(33-21)32-18-7-3-1-4-8-18/h2,5-6,9-18,34H,1,3-4,7-8H2,(H,31,32,33). The van der Waals surface area contributed by atoms with E-state index in [-0.39, 0.29) is 10.8 Å². The molecule has 1 aliphatic rings. The molecule has 0 unspecified atom stereocenters. The van der Waals surface area contributed by atoms with Crippen LogP contribution < -0.4 is 14.8 Å². The quantitative estimate of drug-likeness (QED) is 0.228. The zero-order valence-electron chi connectivity index (χ0n) is 19.5. The van der Waals surface area contributed by atoms with Gasteiger partial charge in [-0.15, -0.1) is 0 Å². The number of nitrogens with zero attached hydrogens (tertiary/aromatic N) is 3. The van der Waals surface area contributed by atoms with Crippen LogP contribution in [0, 0.1) is 5.82 Å². The summed E-state index contributed by atoms with van der Waals surface area (Å²) in [6.45, 7) is 0. The number of benzene rings is 2. The number of anilines is 2. The molecule has 4 aromatic rings. The number of halogens is 2. The largest absolute Gasteiger partial charge is 0.453 e. The summed E-state index contributed by atoms with van der Waals surface area (Å²) < 4.78 is 24.2. The van der Waals surface area contributed by atoms with Gasteiger partial charge in [0, 0.05) is 29.5 Å². The summed E-state index contributed by atoms with van der Waals surface area (Å²) in [6, 6.07) is 16.8. The predicted molar refractivity (Wildman–Crippen MR) is 143 cm³/mol. The SMILES string of the molecule is Fc1c(Oc2ccncc2-c2ccnc(NC3CCCCC3)n2)ccc(NSc2ccccc2)c1Cl. The molecule has 2 N–H and O–H groups in total. The van der Waals surface area contributed by atoms with Gasteiger partial charge in [0.05, 0.1) is 16.9 Å². The Hall–Kier alpha value is -3.36. The number of ether oxygens (including phenoxy) is 1. The first-order valence-electron chi connectivity index (χ1n) is 11.8. The first-order chi connectivity index (χ1) is 17.7. The third-order valence-electron chi connectivity index (χ3n) is 5.94. The maximum Gasteiger partial charge on any atom is 0.223 e. The molecule has 0 amide bonds. The van der Waals surface area contributed by atoms with Gasteiger partial charge in [-0.25, -0.2) is 14.4 Å². The van der Waals surface area contributed by atoms with Crippen LogP contribution in [0.3, 0.4) is 0 Å². The van der Waals surface area contributed by atoms with Crippen molar-refractivity contribution >= 4 is 35.2 Å². The molecule has 2 aromatic heterocycles. The van der Waals surface area contributed by atoms with Crippen LogP contribution in [0.15, 0.2) is 78.1 Å². The molecule has 0 radical (unpaired) electrons. The molecule has 0 aliphatic heterocycles. The molecule has 0 spiro atoms. The summed E-state index contributed by atoms with van der Waals surface area (Å²) in [6.07, 6.45) is 10.9. The second-order valence-corrected chi connectivity index (χ2v) is 9.73. The summed E-state index contributed by atoms with van der Waals surface area (Å²) in [5.74, 6) is 0.342. The van der Waals surface area contributed by atoms with E-state index in [2.05, 4.69) is 25.0 Å². The Bertz CT molecular complexity index is 1320. The highest BCUT2D eigenvalue weighted by Crippen LogP contribution is 2.38. The van der Waals surface area contributed by atoms with Gasteiger partial charge in [0.1, 0.15) is 10.8 Å². The van der Waals surface area contributed by atoms with E-state index in [4.69, 9.17) is 16.3 Å². The van der Waals surface area contributed by atoms with Crippen molar-refractivity contribution in [1.29, 1.82) is 0 Å². The van der Waals surface area contributed by atoms with Crippen LogP contribution in [-0.4, -0.2) is 21.0 Å². The van der Waals surface area contributed by atoms with E-state index in [0.29, 0.717) is 34.7 Å². The molecule has 6 nitrogen and oxygen atoms in total. The molecule has 2 heterocycles. The second kappa shape index (κ2) is 11.6. The third kappa shape index (κ3) is 5.88. The number of aromatic nitrogens is 3. The lowest BCUT2D eigenvalue weighted by atomic mass is 9.96. The van der Waals surface area contributed by atoms with E-state index in [1.54, 1.807) is 42.9 Å². The molecular weight excluding hydrogens is 497 g/mol. The third-order valence-corrected chi connectivity index (χ3v) is 7.14. The topological polar surface area (TPSA) is 72.0 Å². The van der Waals surface area contributed by atoms with Gasteiger partial charge < -0.3 is 14.8 Å². The summed E-state index contributed by atoms with van der Waals surface area (Å²) in [7, 11) is 0. The van der Waals surface area contributed by atoms with Crippen molar-refractivity contribution in [2.45, 2.75) is 43.0 Å². The highest BCUT2D eigenvalue weighted by atomic mass is 35.5. The fourth-order valence-electron chi connectivity index (χ4n) is 4.08. The maximum absolute atomic E-state index is 15.2. The van der Waals surface area contributed by atoms with E-state index in [0.717, 1.165) is 17.7 Å². The highest BCUT2D eigenvalue weighted by molar-refractivity contribution is 8.00. The Labute approximate surface area is 218 Å². The first kappa shape index (κ1) is 24.3. The Morgan fingerprint density at radius 1 is 0.944 bits per heavy atom. The first-order valence-corrected chi connectivity index (χ1v) is 13.0. The van der Waals surface area contributed by atoms with Crippen molar-refractivity contribution < 1.29 is 9.13 Å². The van der Waals surface area contributed by atoms with Gasteiger partial charge in [-0.2, -0.15) is 0 Å². The zero-order valence-corrected chi connectivity index (χ0v) is 21.0. The normalized spacial score (nSPS) is 13.8. The molecule has 1 aliphatic carbocycles. The summed E-state index contributed by atoms with van der Waals surface area (Å²) >= 11 is 7.68. The van der Waals surface area contributed by atoms with Crippen LogP contribution >= 0.6 is 23.5 Å². The highest BCUT2D eigenvalue weighted by Gasteiger charge is 2.18. The van der Waals surface area contributed by atoms with Gasteiger partial charge in [-0.3, -0.25) is 4.98 Å². The zero-order chi connectivity index (χ0) is 24.7. The minimum atomic E-state index is -0.652. The molecule has 2 aromatic carbocycles. The van der Waals surface area contributed by atoms with Gasteiger partial charge in [0.25, 0.3) is 0 Å². The van der Waals surface area contributed by atoms with Crippen LogP contribution in [0.4, 0.5) is 16.0 Å². The predicted octanol–water partition coefficient (Wildman–Crippen LogP) is 7.99. The van der Waals surface area contributed by atoms with Crippen molar-refractivity contribution in [2.75, 3.05) is 10.0 Å². The van der Waals surface area contributed by atoms with Gasteiger partial charge in [0.2, 0.25) is 5.95 Å². The molecular formula is C27H25ClFN5OS. The number of nitrogens with one attached hydrogen (secondary N) is 2. The smallest absolute Gasteiger partial charge is 0.223 e. The maximum atomic E-state index is 15.2. The van der Waals surface area contributed by atoms with Crippen molar-refractivity contribution in [3.05, 3.63) is 84.0 Å². The number of pyridine rings is 1. The number of hydrogen-bond donors (Lipinski definition) is 2. The van der Waals surface area contributed by atoms with E-state index in [1.807, 2.05) is 30.3 Å².